The van der Waals surface area contributed by atoms with E-state index in [1.807, 2.05) is 6.92 Å². The lowest BCUT2D eigenvalue weighted by Crippen LogP contribution is -2.09. The largest absolute Gasteiger partial charge is 0.493 e. The van der Waals surface area contributed by atoms with E-state index in [0.29, 0.717) is 23.3 Å². The van der Waals surface area contributed by atoms with Gasteiger partial charge in [-0.25, -0.2) is 4.98 Å². The molecule has 0 unspecified atom stereocenters. The molecule has 1 heterocycles. The molecule has 0 aliphatic carbocycles. The Morgan fingerprint density at radius 3 is 2.58 bits per heavy atom. The molecule has 0 aliphatic heterocycles. The predicted molar refractivity (Wildman–Crippen MR) is 109 cm³/mol. The van der Waals surface area contributed by atoms with Crippen molar-refractivity contribution in [1.29, 1.82) is 0 Å². The number of carbonyl (C=O) groups is 1. The topological polar surface area (TPSA) is 68.7 Å². The highest BCUT2D eigenvalue weighted by Crippen LogP contribution is 2.34. The third-order valence-electron chi connectivity index (χ3n) is 4.54. The zero-order chi connectivity index (χ0) is 22.4. The Morgan fingerprint density at radius 2 is 1.87 bits per heavy atom. The number of halogens is 3. The van der Waals surface area contributed by atoms with Crippen molar-refractivity contribution in [1.82, 2.24) is 4.98 Å². The smallest absolute Gasteiger partial charge is 0.433 e. The van der Waals surface area contributed by atoms with Gasteiger partial charge >= 0.3 is 12.1 Å². The molecule has 0 saturated heterocycles. The average Bonchev–Trinajstić information content (AvgIpc) is 2.71. The molecule has 31 heavy (non-hydrogen) atoms. The Morgan fingerprint density at radius 1 is 1.06 bits per heavy atom. The van der Waals surface area contributed by atoms with Gasteiger partial charge in [-0.05, 0) is 41.8 Å². The zero-order valence-corrected chi connectivity index (χ0v) is 16.9. The number of hydrogen-bond acceptors (Lipinski definition) is 4. The molecular formula is C23H22F3NO4. The van der Waals surface area contributed by atoms with Gasteiger partial charge in [0.05, 0.1) is 18.5 Å². The summed E-state index contributed by atoms with van der Waals surface area (Å²) in [4.78, 5) is 14.6. The lowest BCUT2D eigenvalue weighted by molar-refractivity contribution is -0.141. The lowest BCUT2D eigenvalue weighted by Gasteiger charge is -2.14. The maximum atomic E-state index is 13.2. The van der Waals surface area contributed by atoms with Crippen LogP contribution in [-0.2, 0) is 24.0 Å². The van der Waals surface area contributed by atoms with Crippen LogP contribution in [0.5, 0.6) is 11.5 Å². The molecule has 0 bridgehead atoms. The molecule has 2 aromatic carbocycles. The molecule has 5 nitrogen and oxygen atoms in total. The second-order valence-corrected chi connectivity index (χ2v) is 7.06. The van der Waals surface area contributed by atoms with Crippen LogP contribution < -0.4 is 9.47 Å². The van der Waals surface area contributed by atoms with Crippen molar-refractivity contribution in [3.63, 3.8) is 0 Å². The van der Waals surface area contributed by atoms with E-state index in [1.54, 1.807) is 36.4 Å². The molecule has 0 amide bonds. The van der Waals surface area contributed by atoms with Crippen LogP contribution in [0.25, 0.3) is 10.9 Å². The lowest BCUT2D eigenvalue weighted by atomic mass is 10.1. The number of ether oxygens (including phenoxy) is 2. The maximum Gasteiger partial charge on any atom is 0.433 e. The Labute approximate surface area is 177 Å². The molecule has 3 rings (SSSR count). The minimum absolute atomic E-state index is 0.112. The van der Waals surface area contributed by atoms with E-state index in [9.17, 15) is 18.0 Å². The number of aliphatic carboxylic acids is 1. The quantitative estimate of drug-likeness (QED) is 0.443. The van der Waals surface area contributed by atoms with Crippen LogP contribution in [0, 0.1) is 0 Å². The number of nitrogens with zero attached hydrogens (tertiary/aromatic N) is 1. The molecule has 1 N–H and O–H groups in total. The van der Waals surface area contributed by atoms with Crippen molar-refractivity contribution in [3.05, 3.63) is 65.4 Å². The molecule has 0 radical (unpaired) electrons. The summed E-state index contributed by atoms with van der Waals surface area (Å²) in [5.74, 6) is -0.298. The number of carboxylic acids is 1. The van der Waals surface area contributed by atoms with Gasteiger partial charge in [-0.3, -0.25) is 4.79 Å². The molecule has 0 fully saturated rings. The molecule has 8 heteroatoms. The highest BCUT2D eigenvalue weighted by Gasteiger charge is 2.33. The minimum atomic E-state index is -4.57. The highest BCUT2D eigenvalue weighted by atomic mass is 19.4. The number of aromatic nitrogens is 1. The standard InChI is InChI=1S/C23H22F3NO4/c1-2-3-9-30-20-13-21(23(24,25)26)27-19-8-7-16(11-18(19)20)14-31-17-6-4-5-15(10-17)12-22(28)29/h4-8,10-11,13H,2-3,9,12,14H2,1H3,(H,28,29). The maximum absolute atomic E-state index is 13.2. The predicted octanol–water partition coefficient (Wildman–Crippen LogP) is 5.64. The number of hydrogen-bond donors (Lipinski definition) is 1. The highest BCUT2D eigenvalue weighted by molar-refractivity contribution is 5.86. The van der Waals surface area contributed by atoms with Crippen LogP contribution in [0.15, 0.2) is 48.5 Å². The van der Waals surface area contributed by atoms with Gasteiger partial charge in [-0.15, -0.1) is 0 Å². The Bertz CT molecular complexity index is 1070. The summed E-state index contributed by atoms with van der Waals surface area (Å²) in [6.07, 6.45) is -3.10. The third-order valence-corrected chi connectivity index (χ3v) is 4.54. The minimum Gasteiger partial charge on any atom is -0.493 e. The number of fused-ring (bicyclic) bond motifs is 1. The van der Waals surface area contributed by atoms with Crippen molar-refractivity contribution < 1.29 is 32.5 Å². The first kappa shape index (κ1) is 22.4. The van der Waals surface area contributed by atoms with E-state index in [4.69, 9.17) is 14.6 Å². The van der Waals surface area contributed by atoms with Crippen LogP contribution in [0.4, 0.5) is 13.2 Å². The van der Waals surface area contributed by atoms with Crippen molar-refractivity contribution in [2.45, 2.75) is 39.0 Å². The fraction of sp³-hybridized carbons (Fsp3) is 0.304. The first-order valence-electron chi connectivity index (χ1n) is 9.83. The second kappa shape index (κ2) is 9.68. The van der Waals surface area contributed by atoms with Crippen LogP contribution >= 0.6 is 0 Å². The van der Waals surface area contributed by atoms with E-state index in [-0.39, 0.29) is 24.3 Å². The molecular weight excluding hydrogens is 411 g/mol. The van der Waals surface area contributed by atoms with Crippen molar-refractivity contribution in [2.24, 2.45) is 0 Å². The van der Waals surface area contributed by atoms with Crippen LogP contribution in [0.2, 0.25) is 0 Å². The van der Waals surface area contributed by atoms with Gasteiger partial charge in [-0.1, -0.05) is 31.5 Å². The molecule has 0 atom stereocenters. The molecule has 164 valence electrons. The Hall–Kier alpha value is -3.29. The van der Waals surface area contributed by atoms with Gasteiger partial charge < -0.3 is 14.6 Å². The van der Waals surface area contributed by atoms with E-state index in [2.05, 4.69) is 4.98 Å². The molecule has 0 aliphatic rings. The van der Waals surface area contributed by atoms with Gasteiger partial charge in [0.15, 0.2) is 0 Å². The van der Waals surface area contributed by atoms with Crippen LogP contribution in [-0.4, -0.2) is 22.7 Å². The van der Waals surface area contributed by atoms with Gasteiger partial charge in [0, 0.05) is 11.5 Å². The second-order valence-electron chi connectivity index (χ2n) is 7.06. The molecule has 0 spiro atoms. The number of unbranched alkanes of at least 4 members (excludes halogenated alkanes) is 1. The van der Waals surface area contributed by atoms with Gasteiger partial charge in [0.25, 0.3) is 0 Å². The first-order valence-corrected chi connectivity index (χ1v) is 9.83. The summed E-state index contributed by atoms with van der Waals surface area (Å²) in [6.45, 7) is 2.43. The van der Waals surface area contributed by atoms with Crippen LogP contribution in [0.1, 0.15) is 36.6 Å². The first-order chi connectivity index (χ1) is 14.8. The number of pyridine rings is 1. The average molecular weight is 433 g/mol. The number of benzene rings is 2. The van der Waals surface area contributed by atoms with Gasteiger partial charge in [0.1, 0.15) is 23.8 Å². The Kier molecular flexibility index (Phi) is 6.99. The normalized spacial score (nSPS) is 11.5. The summed E-state index contributed by atoms with van der Waals surface area (Å²) in [5, 5.41) is 9.39. The summed E-state index contributed by atoms with van der Waals surface area (Å²) in [6, 6.07) is 12.5. The summed E-state index contributed by atoms with van der Waals surface area (Å²) >= 11 is 0. The van der Waals surface area contributed by atoms with E-state index >= 15 is 0 Å². The van der Waals surface area contributed by atoms with Crippen LogP contribution in [0.3, 0.4) is 0 Å². The van der Waals surface area contributed by atoms with Crippen molar-refractivity contribution >= 4 is 16.9 Å². The van der Waals surface area contributed by atoms with Crippen molar-refractivity contribution in [3.8, 4) is 11.5 Å². The van der Waals surface area contributed by atoms with E-state index < -0.39 is 17.8 Å². The summed E-state index contributed by atoms with van der Waals surface area (Å²) in [5.41, 5.74) is 0.524. The van der Waals surface area contributed by atoms with E-state index in [0.717, 1.165) is 24.5 Å². The number of rotatable bonds is 9. The van der Waals surface area contributed by atoms with Gasteiger partial charge in [-0.2, -0.15) is 13.2 Å². The third kappa shape index (κ3) is 6.10. The zero-order valence-electron chi connectivity index (χ0n) is 16.9. The fourth-order valence-electron chi connectivity index (χ4n) is 3.01. The molecule has 0 saturated carbocycles. The SMILES string of the molecule is CCCCOc1cc(C(F)(F)F)nc2ccc(COc3cccc(CC(=O)O)c3)cc12. The van der Waals surface area contributed by atoms with Gasteiger partial charge in [0.2, 0.25) is 0 Å². The van der Waals surface area contributed by atoms with Crippen molar-refractivity contribution in [2.75, 3.05) is 6.61 Å². The molecule has 3 aromatic rings. The number of carboxylic acid groups (broad SMARTS) is 1. The fourth-order valence-corrected chi connectivity index (χ4v) is 3.01. The van der Waals surface area contributed by atoms with E-state index in [1.165, 1.54) is 6.07 Å². The Balaban J connectivity index is 1.85. The summed E-state index contributed by atoms with van der Waals surface area (Å²) in [7, 11) is 0. The summed E-state index contributed by atoms with van der Waals surface area (Å²) < 4.78 is 51.0. The molecule has 1 aromatic heterocycles. The number of alkyl halides is 3. The monoisotopic (exact) mass is 433 g/mol.